The number of thioether (sulfide) groups is 1. The molecule has 0 radical (unpaired) electrons. The van der Waals surface area contributed by atoms with Gasteiger partial charge in [-0.15, -0.1) is 11.3 Å². The van der Waals surface area contributed by atoms with E-state index in [2.05, 4.69) is 10.3 Å². The molecule has 1 aliphatic carbocycles. The monoisotopic (exact) mass is 264 g/mol. The Labute approximate surface area is 108 Å². The quantitative estimate of drug-likeness (QED) is 0.864. The van der Waals surface area contributed by atoms with E-state index in [0.29, 0.717) is 0 Å². The normalized spacial score (nSPS) is 15.1. The number of hydrogen-bond donors (Lipinski definition) is 1. The Morgan fingerprint density at radius 1 is 1.53 bits per heavy atom. The number of nitrogens with zero attached hydrogens (tertiary/aromatic N) is 1. The van der Waals surface area contributed by atoms with Crippen LogP contribution in [-0.2, 0) is 4.79 Å². The molecule has 0 saturated heterocycles. The third kappa shape index (κ3) is 2.30. The van der Waals surface area contributed by atoms with Crippen molar-refractivity contribution in [1.29, 1.82) is 0 Å². The molecule has 3 nitrogen and oxygen atoms in total. The van der Waals surface area contributed by atoms with E-state index in [0.717, 1.165) is 33.1 Å². The van der Waals surface area contributed by atoms with Crippen LogP contribution in [0.4, 0.5) is 5.69 Å². The minimum Gasteiger partial charge on any atom is -0.326 e. The molecular formula is C12H12N2OS2. The second kappa shape index (κ2) is 4.31. The highest BCUT2D eigenvalue weighted by Gasteiger charge is 2.29. The molecule has 2 aromatic rings. The van der Waals surface area contributed by atoms with E-state index < -0.39 is 0 Å². The van der Waals surface area contributed by atoms with Crippen LogP contribution in [0.15, 0.2) is 22.5 Å². The van der Waals surface area contributed by atoms with Crippen LogP contribution in [0.25, 0.3) is 10.2 Å². The van der Waals surface area contributed by atoms with Crippen LogP contribution < -0.4 is 5.32 Å². The van der Waals surface area contributed by atoms with Crippen LogP contribution in [0.5, 0.6) is 0 Å². The number of hydrogen-bond acceptors (Lipinski definition) is 4. The lowest BCUT2D eigenvalue weighted by Gasteiger charge is -2.03. The van der Waals surface area contributed by atoms with Gasteiger partial charge in [-0.05, 0) is 37.3 Å². The molecule has 5 heteroatoms. The SMILES string of the molecule is CSc1nc2ccc(NC(=O)C3CC3)cc2s1. The van der Waals surface area contributed by atoms with Crippen molar-refractivity contribution in [3.63, 3.8) is 0 Å². The maximum Gasteiger partial charge on any atom is 0.227 e. The maximum absolute atomic E-state index is 11.6. The zero-order valence-corrected chi connectivity index (χ0v) is 11.0. The summed E-state index contributed by atoms with van der Waals surface area (Å²) >= 11 is 3.31. The highest BCUT2D eigenvalue weighted by atomic mass is 32.2. The highest BCUT2D eigenvalue weighted by molar-refractivity contribution is 8.00. The topological polar surface area (TPSA) is 42.0 Å². The summed E-state index contributed by atoms with van der Waals surface area (Å²) in [6, 6.07) is 5.90. The number of anilines is 1. The third-order valence-electron chi connectivity index (χ3n) is 2.76. The lowest BCUT2D eigenvalue weighted by atomic mass is 10.3. The van der Waals surface area contributed by atoms with Crippen LogP contribution >= 0.6 is 23.1 Å². The molecule has 1 aromatic heterocycles. The number of nitrogens with one attached hydrogen (secondary N) is 1. The lowest BCUT2D eigenvalue weighted by molar-refractivity contribution is -0.117. The Balaban J connectivity index is 1.87. The molecular weight excluding hydrogens is 252 g/mol. The van der Waals surface area contributed by atoms with Crippen molar-refractivity contribution in [2.75, 3.05) is 11.6 Å². The van der Waals surface area contributed by atoms with Gasteiger partial charge in [-0.1, -0.05) is 11.8 Å². The average Bonchev–Trinajstić information content (AvgIpc) is 3.09. The molecule has 1 N–H and O–H groups in total. The van der Waals surface area contributed by atoms with Crippen molar-refractivity contribution >= 4 is 44.9 Å². The van der Waals surface area contributed by atoms with E-state index in [1.54, 1.807) is 23.1 Å². The first-order chi connectivity index (χ1) is 8.26. The van der Waals surface area contributed by atoms with Crippen molar-refractivity contribution in [3.8, 4) is 0 Å². The van der Waals surface area contributed by atoms with Crippen molar-refractivity contribution in [2.45, 2.75) is 17.2 Å². The summed E-state index contributed by atoms with van der Waals surface area (Å²) in [5.74, 6) is 0.396. The highest BCUT2D eigenvalue weighted by Crippen LogP contribution is 2.32. The smallest absolute Gasteiger partial charge is 0.227 e. The first-order valence-corrected chi connectivity index (χ1v) is 7.56. The van der Waals surface area contributed by atoms with Crippen molar-refractivity contribution in [2.24, 2.45) is 5.92 Å². The molecule has 0 bridgehead atoms. The van der Waals surface area contributed by atoms with E-state index in [1.165, 1.54) is 0 Å². The second-order valence-electron chi connectivity index (χ2n) is 4.13. The predicted molar refractivity (Wildman–Crippen MR) is 72.8 cm³/mol. The molecule has 17 heavy (non-hydrogen) atoms. The van der Waals surface area contributed by atoms with Gasteiger partial charge in [0.15, 0.2) is 4.34 Å². The van der Waals surface area contributed by atoms with Gasteiger partial charge in [0, 0.05) is 11.6 Å². The lowest BCUT2D eigenvalue weighted by Crippen LogP contribution is -2.12. The molecule has 1 fully saturated rings. The number of carbonyl (C=O) groups excluding carboxylic acids is 1. The Bertz CT molecular complexity index is 575. The van der Waals surface area contributed by atoms with Crippen LogP contribution in [0.3, 0.4) is 0 Å². The minimum absolute atomic E-state index is 0.152. The molecule has 1 aromatic carbocycles. The Hall–Kier alpha value is -1.07. The van der Waals surface area contributed by atoms with Crippen LogP contribution in [-0.4, -0.2) is 17.1 Å². The summed E-state index contributed by atoms with van der Waals surface area (Å²) in [7, 11) is 0. The molecule has 0 aliphatic heterocycles. The van der Waals surface area contributed by atoms with E-state index in [-0.39, 0.29) is 11.8 Å². The zero-order valence-electron chi connectivity index (χ0n) is 9.40. The van der Waals surface area contributed by atoms with E-state index >= 15 is 0 Å². The molecule has 0 atom stereocenters. The summed E-state index contributed by atoms with van der Waals surface area (Å²) in [6.45, 7) is 0. The summed E-state index contributed by atoms with van der Waals surface area (Å²) in [4.78, 5) is 16.1. The zero-order chi connectivity index (χ0) is 11.8. The molecule has 0 unspecified atom stereocenters. The fraction of sp³-hybridized carbons (Fsp3) is 0.333. The number of rotatable bonds is 3. The summed E-state index contributed by atoms with van der Waals surface area (Å²) in [5, 5.41) is 2.96. The van der Waals surface area contributed by atoms with Crippen LogP contribution in [0.1, 0.15) is 12.8 Å². The van der Waals surface area contributed by atoms with Gasteiger partial charge in [0.05, 0.1) is 10.2 Å². The molecule has 3 rings (SSSR count). The molecule has 1 aliphatic rings. The van der Waals surface area contributed by atoms with Crippen molar-refractivity contribution in [3.05, 3.63) is 18.2 Å². The van der Waals surface area contributed by atoms with Gasteiger partial charge in [-0.25, -0.2) is 4.98 Å². The van der Waals surface area contributed by atoms with Crippen molar-refractivity contribution < 1.29 is 4.79 Å². The Kier molecular flexibility index (Phi) is 2.80. The summed E-state index contributed by atoms with van der Waals surface area (Å²) in [6.07, 6.45) is 4.09. The van der Waals surface area contributed by atoms with Gasteiger partial charge >= 0.3 is 0 Å². The first-order valence-electron chi connectivity index (χ1n) is 5.52. The number of aromatic nitrogens is 1. The molecule has 1 amide bonds. The first kappa shape index (κ1) is 11.0. The number of carbonyl (C=O) groups is 1. The fourth-order valence-corrected chi connectivity index (χ4v) is 3.19. The van der Waals surface area contributed by atoms with Crippen LogP contribution in [0.2, 0.25) is 0 Å². The largest absolute Gasteiger partial charge is 0.326 e. The van der Waals surface area contributed by atoms with Crippen molar-refractivity contribution in [1.82, 2.24) is 4.98 Å². The van der Waals surface area contributed by atoms with E-state index in [9.17, 15) is 4.79 Å². The standard InChI is InChI=1S/C12H12N2OS2/c1-16-12-14-9-5-4-8(6-10(9)17-12)13-11(15)7-2-3-7/h4-7H,2-3H2,1H3,(H,13,15). The van der Waals surface area contributed by atoms with Gasteiger partial charge in [0.25, 0.3) is 0 Å². The Morgan fingerprint density at radius 2 is 2.35 bits per heavy atom. The number of benzene rings is 1. The summed E-state index contributed by atoms with van der Waals surface area (Å²) in [5.41, 5.74) is 1.88. The predicted octanol–water partition coefficient (Wildman–Crippen LogP) is 3.37. The van der Waals surface area contributed by atoms with Crippen LogP contribution in [0, 0.1) is 5.92 Å². The van der Waals surface area contributed by atoms with Gasteiger partial charge in [-0.3, -0.25) is 4.79 Å². The fourth-order valence-electron chi connectivity index (χ4n) is 1.66. The van der Waals surface area contributed by atoms with E-state index in [1.807, 2.05) is 24.5 Å². The van der Waals surface area contributed by atoms with Gasteiger partial charge in [0.1, 0.15) is 0 Å². The minimum atomic E-state index is 0.152. The molecule has 0 spiro atoms. The third-order valence-corrected chi connectivity index (χ3v) is 4.76. The molecule has 88 valence electrons. The van der Waals surface area contributed by atoms with E-state index in [4.69, 9.17) is 0 Å². The second-order valence-corrected chi connectivity index (χ2v) is 6.21. The Morgan fingerprint density at radius 3 is 3.06 bits per heavy atom. The number of thiazole rings is 1. The molecule has 1 saturated carbocycles. The van der Waals surface area contributed by atoms with Gasteiger partial charge in [-0.2, -0.15) is 0 Å². The number of amides is 1. The average molecular weight is 264 g/mol. The maximum atomic E-state index is 11.6. The molecule has 1 heterocycles. The number of fused-ring (bicyclic) bond motifs is 1. The van der Waals surface area contributed by atoms with Gasteiger partial charge < -0.3 is 5.32 Å². The van der Waals surface area contributed by atoms with Gasteiger partial charge in [0.2, 0.25) is 5.91 Å². The summed E-state index contributed by atoms with van der Waals surface area (Å²) < 4.78 is 2.19.